The van der Waals surface area contributed by atoms with Gasteiger partial charge in [0.2, 0.25) is 0 Å². The third kappa shape index (κ3) is 8.28. The largest absolute Gasteiger partial charge is 0.535 e. The van der Waals surface area contributed by atoms with Crippen molar-refractivity contribution >= 4 is 29.5 Å². The molecule has 10 nitrogen and oxygen atoms in total. The predicted octanol–water partition coefficient (Wildman–Crippen LogP) is 2.00. The van der Waals surface area contributed by atoms with Crippen LogP contribution in [-0.4, -0.2) is 19.6 Å². The molecule has 0 fully saturated rings. The second kappa shape index (κ2) is 6.98. The highest BCUT2D eigenvalue weighted by molar-refractivity contribution is 7.66. The first-order valence-corrected chi connectivity index (χ1v) is 9.55. The molecule has 1 aromatic rings. The molecule has 0 aliphatic carbocycles. The van der Waals surface area contributed by atoms with E-state index in [2.05, 4.69) is 13.1 Å². The average molecular weight is 360 g/mol. The van der Waals surface area contributed by atoms with Crippen LogP contribution in [0.4, 0.5) is 0 Å². The molecule has 21 heavy (non-hydrogen) atoms. The van der Waals surface area contributed by atoms with Gasteiger partial charge in [0.05, 0.1) is 6.26 Å². The van der Waals surface area contributed by atoms with E-state index in [0.717, 1.165) is 0 Å². The van der Waals surface area contributed by atoms with Crippen LogP contribution in [0.3, 0.4) is 0 Å². The minimum absolute atomic E-state index is 0.594. The maximum absolute atomic E-state index is 11.3. The molecule has 0 aromatic heterocycles. The lowest BCUT2D eigenvalue weighted by atomic mass is 10.2. The zero-order valence-corrected chi connectivity index (χ0v) is 12.8. The molecule has 13 heteroatoms. The molecule has 2 unspecified atom stereocenters. The summed E-state index contributed by atoms with van der Waals surface area (Å²) in [6.07, 6.45) is 1.96. The van der Waals surface area contributed by atoms with Crippen LogP contribution in [0, 0.1) is 0 Å². The van der Waals surface area contributed by atoms with Crippen LogP contribution in [0.15, 0.2) is 36.6 Å². The van der Waals surface area contributed by atoms with Gasteiger partial charge < -0.3 is 19.2 Å². The Morgan fingerprint density at radius 2 is 1.43 bits per heavy atom. The van der Waals surface area contributed by atoms with Gasteiger partial charge in [-0.25, -0.2) is 13.7 Å². The number of phosphoric ester groups is 1. The molecular weight excluding hydrogens is 349 g/mol. The quantitative estimate of drug-likeness (QED) is 0.418. The molecule has 0 spiro atoms. The van der Waals surface area contributed by atoms with Crippen molar-refractivity contribution in [3.8, 4) is 0 Å². The van der Waals surface area contributed by atoms with Gasteiger partial charge in [0.1, 0.15) is 0 Å². The lowest BCUT2D eigenvalue weighted by Crippen LogP contribution is -1.93. The van der Waals surface area contributed by atoms with Crippen LogP contribution in [0.1, 0.15) is 5.56 Å². The fourth-order valence-corrected chi connectivity index (χ4v) is 3.92. The van der Waals surface area contributed by atoms with Gasteiger partial charge in [0, 0.05) is 0 Å². The van der Waals surface area contributed by atoms with Crippen LogP contribution >= 0.6 is 23.5 Å². The van der Waals surface area contributed by atoms with Gasteiger partial charge in [0.15, 0.2) is 0 Å². The second-order valence-corrected chi connectivity index (χ2v) is 7.78. The summed E-state index contributed by atoms with van der Waals surface area (Å²) >= 11 is 0. The van der Waals surface area contributed by atoms with E-state index in [9.17, 15) is 13.7 Å². The van der Waals surface area contributed by atoms with Gasteiger partial charge in [0.25, 0.3) is 0 Å². The molecular formula is C8H11O10P3. The van der Waals surface area contributed by atoms with Crippen molar-refractivity contribution in [2.24, 2.45) is 0 Å². The van der Waals surface area contributed by atoms with E-state index >= 15 is 0 Å². The Kier molecular flexibility index (Phi) is 6.07. The predicted molar refractivity (Wildman–Crippen MR) is 70.4 cm³/mol. The normalized spacial score (nSPS) is 18.1. The zero-order valence-electron chi connectivity index (χ0n) is 10.1. The Morgan fingerprint density at radius 3 is 1.95 bits per heavy atom. The molecule has 0 aliphatic heterocycles. The second-order valence-electron chi connectivity index (χ2n) is 3.41. The molecule has 0 saturated carbocycles. The Labute approximate surface area is 119 Å². The number of phosphoric acid groups is 3. The number of benzene rings is 1. The molecule has 0 amide bonds. The highest BCUT2D eigenvalue weighted by Crippen LogP contribution is 2.66. The molecule has 0 bridgehead atoms. The summed E-state index contributed by atoms with van der Waals surface area (Å²) in [5.41, 5.74) is 0.594. The van der Waals surface area contributed by atoms with Gasteiger partial charge in [-0.2, -0.15) is 8.62 Å². The van der Waals surface area contributed by atoms with Crippen molar-refractivity contribution in [1.29, 1.82) is 0 Å². The molecule has 1 rings (SSSR count). The fourth-order valence-electron chi connectivity index (χ4n) is 1.05. The van der Waals surface area contributed by atoms with E-state index in [1.165, 1.54) is 6.08 Å². The Bertz CT molecular complexity index is 635. The van der Waals surface area contributed by atoms with E-state index in [0.29, 0.717) is 11.8 Å². The van der Waals surface area contributed by atoms with Crippen LogP contribution in [-0.2, 0) is 26.8 Å². The van der Waals surface area contributed by atoms with E-state index in [1.54, 1.807) is 30.3 Å². The Hall–Kier alpha value is -0.790. The van der Waals surface area contributed by atoms with Crippen molar-refractivity contribution in [3.63, 3.8) is 0 Å². The minimum Gasteiger partial charge on any atom is -0.412 e. The number of rotatable bonds is 7. The highest BCUT2D eigenvalue weighted by Gasteiger charge is 2.40. The zero-order chi connectivity index (χ0) is 16.1. The smallest absolute Gasteiger partial charge is 0.412 e. The number of hydrogen-bond acceptors (Lipinski definition) is 6. The fraction of sp³-hybridized carbons (Fsp3) is 0. The molecule has 0 aliphatic rings. The van der Waals surface area contributed by atoms with E-state index in [1.807, 2.05) is 0 Å². The van der Waals surface area contributed by atoms with Gasteiger partial charge >= 0.3 is 23.5 Å². The van der Waals surface area contributed by atoms with E-state index in [-0.39, 0.29) is 0 Å². The lowest BCUT2D eigenvalue weighted by molar-refractivity contribution is 0.200. The van der Waals surface area contributed by atoms with Crippen LogP contribution in [0.25, 0.3) is 6.08 Å². The molecule has 0 radical (unpaired) electrons. The maximum Gasteiger partial charge on any atom is 0.535 e. The molecule has 1 aromatic carbocycles. The van der Waals surface area contributed by atoms with Gasteiger partial charge in [-0.1, -0.05) is 30.3 Å². The van der Waals surface area contributed by atoms with Crippen molar-refractivity contribution in [2.75, 3.05) is 0 Å². The van der Waals surface area contributed by atoms with Crippen LogP contribution < -0.4 is 0 Å². The van der Waals surface area contributed by atoms with Crippen LogP contribution in [0.5, 0.6) is 0 Å². The minimum atomic E-state index is -5.48. The van der Waals surface area contributed by atoms with Crippen molar-refractivity contribution in [1.82, 2.24) is 0 Å². The summed E-state index contributed by atoms with van der Waals surface area (Å²) in [5.74, 6) is 0. The van der Waals surface area contributed by atoms with Crippen molar-refractivity contribution in [3.05, 3.63) is 42.2 Å². The molecule has 0 heterocycles. The summed E-state index contributed by atoms with van der Waals surface area (Å²) in [4.78, 5) is 34.7. The van der Waals surface area contributed by atoms with Crippen molar-refractivity contribution in [2.45, 2.75) is 0 Å². The summed E-state index contributed by atoms with van der Waals surface area (Å²) < 4.78 is 44.0. The van der Waals surface area contributed by atoms with Crippen LogP contribution in [0.2, 0.25) is 0 Å². The highest BCUT2D eigenvalue weighted by atomic mass is 31.3. The first-order valence-electron chi connectivity index (χ1n) is 5.03. The van der Waals surface area contributed by atoms with Gasteiger partial charge in [-0.15, -0.1) is 0 Å². The first kappa shape index (κ1) is 18.3. The number of hydrogen-bond donors (Lipinski definition) is 4. The Morgan fingerprint density at radius 1 is 0.857 bits per heavy atom. The maximum atomic E-state index is 11.3. The lowest BCUT2D eigenvalue weighted by Gasteiger charge is -2.14. The summed E-state index contributed by atoms with van der Waals surface area (Å²) in [6.45, 7) is 0. The molecule has 0 saturated heterocycles. The van der Waals surface area contributed by atoms with E-state index < -0.39 is 23.5 Å². The Balaban J connectivity index is 2.66. The molecule has 118 valence electrons. The molecule has 4 N–H and O–H groups in total. The summed E-state index contributed by atoms with van der Waals surface area (Å²) in [5, 5.41) is 0. The third-order valence-corrected chi connectivity index (χ3v) is 5.39. The standard InChI is InChI=1S/C8H11O10P3/c9-19(10,11)17-21(14,15)18-20(12,13)16-7-6-8-4-2-1-3-5-8/h1-7H,(H,12,13)(H,14,15)(H2,9,10,11). The van der Waals surface area contributed by atoms with Gasteiger partial charge in [-0.05, 0) is 11.6 Å². The third-order valence-electron chi connectivity index (χ3n) is 1.67. The summed E-state index contributed by atoms with van der Waals surface area (Å²) in [6, 6.07) is 8.38. The van der Waals surface area contributed by atoms with Crippen molar-refractivity contribution < 1.29 is 46.4 Å². The summed E-state index contributed by atoms with van der Waals surface area (Å²) in [7, 11) is -16.0. The van der Waals surface area contributed by atoms with Gasteiger partial charge in [-0.3, -0.25) is 4.89 Å². The first-order chi connectivity index (χ1) is 9.49. The average Bonchev–Trinajstić information content (AvgIpc) is 2.24. The monoisotopic (exact) mass is 360 g/mol. The van der Waals surface area contributed by atoms with E-state index in [4.69, 9.17) is 19.6 Å². The topological polar surface area (TPSA) is 160 Å². The molecule has 2 atom stereocenters. The SMILES string of the molecule is O=P(O)(O)OP(=O)(O)OP(=O)(O)OC=Cc1ccccc1.